The third kappa shape index (κ3) is 4.07. The zero-order chi connectivity index (χ0) is 7.98. The van der Waals surface area contributed by atoms with Crippen molar-refractivity contribution in [3.63, 3.8) is 0 Å². The zero-order valence-corrected chi connectivity index (χ0v) is 6.68. The van der Waals surface area contributed by atoms with Gasteiger partial charge in [0.1, 0.15) is 5.78 Å². The van der Waals surface area contributed by atoms with E-state index in [1.54, 1.807) is 13.0 Å². The van der Waals surface area contributed by atoms with Crippen molar-refractivity contribution in [2.45, 2.75) is 26.7 Å². The van der Waals surface area contributed by atoms with Gasteiger partial charge in [0.25, 0.3) is 0 Å². The first-order chi connectivity index (χ1) is 4.70. The van der Waals surface area contributed by atoms with Crippen LogP contribution in [0.3, 0.4) is 0 Å². The van der Waals surface area contributed by atoms with Crippen LogP contribution in [0, 0.1) is 0 Å². The summed E-state index contributed by atoms with van der Waals surface area (Å²) < 4.78 is 0. The van der Waals surface area contributed by atoms with Crippen molar-refractivity contribution < 1.29 is 4.79 Å². The van der Waals surface area contributed by atoms with E-state index in [1.165, 1.54) is 0 Å². The Bertz CT molecular complexity index is 154. The molecular weight excluding hydrogens is 124 g/mol. The molecule has 0 radical (unpaired) electrons. The molecule has 0 saturated heterocycles. The first kappa shape index (κ1) is 9.15. The lowest BCUT2D eigenvalue weighted by molar-refractivity contribution is -0.116. The topological polar surface area (TPSA) is 17.1 Å². The quantitative estimate of drug-likeness (QED) is 0.545. The molecule has 0 aliphatic carbocycles. The molecule has 0 aromatic heterocycles. The van der Waals surface area contributed by atoms with Crippen molar-refractivity contribution >= 4 is 5.78 Å². The SMILES string of the molecule is C=C/C(=C\C)CCC(C)=O. The summed E-state index contributed by atoms with van der Waals surface area (Å²) in [5, 5.41) is 0. The Balaban J connectivity index is 3.66. The highest BCUT2D eigenvalue weighted by atomic mass is 16.1. The van der Waals surface area contributed by atoms with Gasteiger partial charge < -0.3 is 4.79 Å². The Morgan fingerprint density at radius 3 is 2.40 bits per heavy atom. The van der Waals surface area contributed by atoms with E-state index in [9.17, 15) is 4.79 Å². The van der Waals surface area contributed by atoms with Gasteiger partial charge in [-0.3, -0.25) is 0 Å². The molecule has 0 bridgehead atoms. The second-order valence-corrected chi connectivity index (χ2v) is 2.27. The van der Waals surface area contributed by atoms with Crippen LogP contribution >= 0.6 is 0 Å². The Hall–Kier alpha value is -0.850. The minimum Gasteiger partial charge on any atom is -0.300 e. The number of Topliss-reactive ketones (excluding diaryl/α,β-unsaturated/α-hetero) is 1. The fraction of sp³-hybridized carbons (Fsp3) is 0.444. The number of ketones is 1. The minimum absolute atomic E-state index is 0.237. The van der Waals surface area contributed by atoms with Crippen LogP contribution in [0.15, 0.2) is 24.3 Å². The van der Waals surface area contributed by atoms with Gasteiger partial charge in [-0.15, -0.1) is 0 Å². The third-order valence-corrected chi connectivity index (χ3v) is 1.40. The van der Waals surface area contributed by atoms with Crippen LogP contribution < -0.4 is 0 Å². The lowest BCUT2D eigenvalue weighted by atomic mass is 10.1. The number of hydrogen-bond acceptors (Lipinski definition) is 1. The van der Waals surface area contributed by atoms with Crippen LogP contribution in [0.1, 0.15) is 26.7 Å². The Morgan fingerprint density at radius 2 is 2.10 bits per heavy atom. The standard InChI is InChI=1S/C9H14O/c1-4-9(5-2)7-6-8(3)10/h4-5H,1,6-7H2,2-3H3/b9-5+. The minimum atomic E-state index is 0.237. The predicted molar refractivity (Wildman–Crippen MR) is 43.9 cm³/mol. The molecule has 0 unspecified atom stereocenters. The third-order valence-electron chi connectivity index (χ3n) is 1.40. The maximum atomic E-state index is 10.5. The summed E-state index contributed by atoms with van der Waals surface area (Å²) in [6, 6.07) is 0. The molecule has 0 N–H and O–H groups in total. The van der Waals surface area contributed by atoms with E-state index in [2.05, 4.69) is 6.58 Å². The summed E-state index contributed by atoms with van der Waals surface area (Å²) in [6.07, 6.45) is 5.24. The van der Waals surface area contributed by atoms with Crippen molar-refractivity contribution in [1.29, 1.82) is 0 Å². The Kier molecular flexibility index (Phi) is 4.55. The van der Waals surface area contributed by atoms with E-state index in [0.717, 1.165) is 12.0 Å². The maximum Gasteiger partial charge on any atom is 0.130 e. The van der Waals surface area contributed by atoms with Crippen LogP contribution in [0.5, 0.6) is 0 Å². The van der Waals surface area contributed by atoms with Gasteiger partial charge in [-0.1, -0.05) is 24.3 Å². The van der Waals surface area contributed by atoms with Crippen molar-refractivity contribution in [2.75, 3.05) is 0 Å². The van der Waals surface area contributed by atoms with Gasteiger partial charge in [-0.05, 0) is 20.3 Å². The summed E-state index contributed by atoms with van der Waals surface area (Å²) in [7, 11) is 0. The Morgan fingerprint density at radius 1 is 1.50 bits per heavy atom. The molecule has 0 saturated carbocycles. The van der Waals surface area contributed by atoms with Gasteiger partial charge in [0.15, 0.2) is 0 Å². The molecule has 0 spiro atoms. The van der Waals surface area contributed by atoms with E-state index in [4.69, 9.17) is 0 Å². The molecule has 0 heterocycles. The molecule has 0 amide bonds. The monoisotopic (exact) mass is 138 g/mol. The lowest BCUT2D eigenvalue weighted by Gasteiger charge is -1.96. The fourth-order valence-corrected chi connectivity index (χ4v) is 0.685. The first-order valence-electron chi connectivity index (χ1n) is 3.47. The molecule has 0 aliphatic heterocycles. The molecule has 0 atom stereocenters. The van der Waals surface area contributed by atoms with Crippen molar-refractivity contribution in [2.24, 2.45) is 0 Å². The van der Waals surface area contributed by atoms with E-state index < -0.39 is 0 Å². The van der Waals surface area contributed by atoms with Crippen LogP contribution in [-0.4, -0.2) is 5.78 Å². The van der Waals surface area contributed by atoms with Gasteiger partial charge in [-0.25, -0.2) is 0 Å². The van der Waals surface area contributed by atoms with Gasteiger partial charge in [0, 0.05) is 6.42 Å². The van der Waals surface area contributed by atoms with Gasteiger partial charge in [-0.2, -0.15) is 0 Å². The average molecular weight is 138 g/mol. The number of rotatable bonds is 4. The molecule has 0 fully saturated rings. The summed E-state index contributed by atoms with van der Waals surface area (Å²) in [5.74, 6) is 0.237. The van der Waals surface area contributed by atoms with Crippen LogP contribution in [0.25, 0.3) is 0 Å². The Labute approximate surface area is 62.4 Å². The predicted octanol–water partition coefficient (Wildman–Crippen LogP) is 2.49. The van der Waals surface area contributed by atoms with E-state index in [1.807, 2.05) is 13.0 Å². The molecular formula is C9H14O. The molecule has 56 valence electrons. The van der Waals surface area contributed by atoms with Crippen molar-refractivity contribution in [1.82, 2.24) is 0 Å². The normalized spacial score (nSPS) is 11.2. The average Bonchev–Trinajstić information content (AvgIpc) is 1.90. The van der Waals surface area contributed by atoms with Gasteiger partial charge >= 0.3 is 0 Å². The smallest absolute Gasteiger partial charge is 0.130 e. The second-order valence-electron chi connectivity index (χ2n) is 2.27. The molecule has 0 rings (SSSR count). The summed E-state index contributed by atoms with van der Waals surface area (Å²) >= 11 is 0. The summed E-state index contributed by atoms with van der Waals surface area (Å²) in [5.41, 5.74) is 1.15. The summed E-state index contributed by atoms with van der Waals surface area (Å²) in [4.78, 5) is 10.5. The maximum absolute atomic E-state index is 10.5. The molecule has 0 aliphatic rings. The molecule has 10 heavy (non-hydrogen) atoms. The first-order valence-corrected chi connectivity index (χ1v) is 3.47. The number of carbonyl (C=O) groups excluding carboxylic acids is 1. The fourth-order valence-electron chi connectivity index (χ4n) is 0.685. The largest absolute Gasteiger partial charge is 0.300 e. The van der Waals surface area contributed by atoms with Crippen molar-refractivity contribution in [3.05, 3.63) is 24.3 Å². The number of hydrogen-bond donors (Lipinski definition) is 0. The highest BCUT2D eigenvalue weighted by Crippen LogP contribution is 2.05. The van der Waals surface area contributed by atoms with E-state index in [0.29, 0.717) is 6.42 Å². The molecule has 1 nitrogen and oxygen atoms in total. The number of carbonyl (C=O) groups is 1. The molecule has 0 aromatic carbocycles. The summed E-state index contributed by atoms with van der Waals surface area (Å²) in [6.45, 7) is 7.19. The van der Waals surface area contributed by atoms with E-state index >= 15 is 0 Å². The van der Waals surface area contributed by atoms with Crippen LogP contribution in [0.2, 0.25) is 0 Å². The number of allylic oxidation sites excluding steroid dienone is 3. The molecule has 0 aromatic rings. The van der Waals surface area contributed by atoms with Crippen LogP contribution in [-0.2, 0) is 4.79 Å². The molecule has 1 heteroatoms. The van der Waals surface area contributed by atoms with E-state index in [-0.39, 0.29) is 5.78 Å². The highest BCUT2D eigenvalue weighted by Gasteiger charge is 1.93. The highest BCUT2D eigenvalue weighted by molar-refractivity contribution is 5.75. The second kappa shape index (κ2) is 4.98. The zero-order valence-electron chi connectivity index (χ0n) is 6.68. The lowest BCUT2D eigenvalue weighted by Crippen LogP contribution is -1.89. The van der Waals surface area contributed by atoms with Crippen molar-refractivity contribution in [3.8, 4) is 0 Å². The van der Waals surface area contributed by atoms with Crippen LogP contribution in [0.4, 0.5) is 0 Å². The van der Waals surface area contributed by atoms with Gasteiger partial charge in [0.05, 0.1) is 0 Å². The van der Waals surface area contributed by atoms with Gasteiger partial charge in [0.2, 0.25) is 0 Å².